The van der Waals surface area contributed by atoms with E-state index in [1.807, 2.05) is 11.5 Å². The van der Waals surface area contributed by atoms with Gasteiger partial charge in [0, 0.05) is 12.7 Å². The number of aliphatic carboxylic acids is 1. The minimum Gasteiger partial charge on any atom is -0.481 e. The van der Waals surface area contributed by atoms with Gasteiger partial charge < -0.3 is 15.0 Å². The Morgan fingerprint density at radius 2 is 2.50 bits per heavy atom. The second-order valence-electron chi connectivity index (χ2n) is 3.04. The van der Waals surface area contributed by atoms with Gasteiger partial charge in [0.2, 0.25) is 0 Å². The van der Waals surface area contributed by atoms with Gasteiger partial charge in [-0.1, -0.05) is 0 Å². The van der Waals surface area contributed by atoms with E-state index in [1.165, 1.54) is 0 Å². The van der Waals surface area contributed by atoms with Crippen LogP contribution in [0, 0.1) is 0 Å². The summed E-state index contributed by atoms with van der Waals surface area (Å²) in [6, 6.07) is -0.171. The Kier molecular flexibility index (Phi) is 3.64. The van der Waals surface area contributed by atoms with E-state index in [4.69, 9.17) is 5.11 Å². The molecule has 0 saturated carbocycles. The zero-order valence-electron chi connectivity index (χ0n) is 8.40. The number of carbonyl (C=O) groups is 1. The first kappa shape index (κ1) is 10.7. The van der Waals surface area contributed by atoms with Gasteiger partial charge in [0.25, 0.3) is 0 Å². The van der Waals surface area contributed by atoms with Crippen LogP contribution < -0.4 is 5.32 Å². The standard InChI is InChI=1S/C9H15N3O2/c1-3-12-6-11-5-8(12)7(10-2)4-9(13)14/h5-7,10H,3-4H2,1-2H3,(H,13,14). The summed E-state index contributed by atoms with van der Waals surface area (Å²) in [7, 11) is 1.75. The van der Waals surface area contributed by atoms with Crippen LogP contribution in [0.1, 0.15) is 25.1 Å². The number of imidazole rings is 1. The number of nitrogens with one attached hydrogen (secondary N) is 1. The van der Waals surface area contributed by atoms with Crippen LogP contribution in [-0.4, -0.2) is 27.7 Å². The normalized spacial score (nSPS) is 12.7. The molecular weight excluding hydrogens is 182 g/mol. The monoisotopic (exact) mass is 197 g/mol. The summed E-state index contributed by atoms with van der Waals surface area (Å²) in [5.41, 5.74) is 0.914. The Labute approximate surface area is 82.8 Å². The molecule has 2 N–H and O–H groups in total. The molecule has 1 aromatic rings. The second kappa shape index (κ2) is 4.76. The summed E-state index contributed by atoms with van der Waals surface area (Å²) >= 11 is 0. The maximum absolute atomic E-state index is 10.6. The highest BCUT2D eigenvalue weighted by atomic mass is 16.4. The molecule has 14 heavy (non-hydrogen) atoms. The third kappa shape index (κ3) is 2.32. The van der Waals surface area contributed by atoms with E-state index in [9.17, 15) is 4.79 Å². The quantitative estimate of drug-likeness (QED) is 0.726. The first-order valence-corrected chi connectivity index (χ1v) is 4.58. The number of carboxylic acid groups (broad SMARTS) is 1. The summed E-state index contributed by atoms with van der Waals surface area (Å²) in [6.07, 6.45) is 3.48. The molecule has 0 aliphatic heterocycles. The number of rotatable bonds is 5. The number of nitrogens with zero attached hydrogens (tertiary/aromatic N) is 2. The van der Waals surface area contributed by atoms with Gasteiger partial charge in [0.15, 0.2) is 0 Å². The van der Waals surface area contributed by atoms with Crippen LogP contribution in [0.5, 0.6) is 0 Å². The van der Waals surface area contributed by atoms with Gasteiger partial charge in [0.1, 0.15) is 0 Å². The summed E-state index contributed by atoms with van der Waals surface area (Å²) in [5, 5.41) is 11.7. The summed E-state index contributed by atoms with van der Waals surface area (Å²) in [5.74, 6) is -0.812. The number of carboxylic acids is 1. The van der Waals surface area contributed by atoms with Crippen molar-refractivity contribution in [2.75, 3.05) is 7.05 Å². The first-order chi connectivity index (χ1) is 6.69. The highest BCUT2D eigenvalue weighted by Gasteiger charge is 2.16. The van der Waals surface area contributed by atoms with Crippen LogP contribution in [0.15, 0.2) is 12.5 Å². The Morgan fingerprint density at radius 1 is 1.79 bits per heavy atom. The fraction of sp³-hybridized carbons (Fsp3) is 0.556. The van der Waals surface area contributed by atoms with E-state index in [2.05, 4.69) is 10.3 Å². The molecule has 1 unspecified atom stereocenters. The molecule has 1 aromatic heterocycles. The molecule has 0 aliphatic rings. The molecule has 5 nitrogen and oxygen atoms in total. The molecule has 1 heterocycles. The molecule has 0 spiro atoms. The predicted octanol–water partition coefficient (Wildman–Crippen LogP) is 0.638. The molecule has 0 saturated heterocycles. The Balaban J connectivity index is 2.82. The molecule has 0 bridgehead atoms. The highest BCUT2D eigenvalue weighted by molar-refractivity contribution is 5.67. The van der Waals surface area contributed by atoms with Crippen LogP contribution in [0.25, 0.3) is 0 Å². The van der Waals surface area contributed by atoms with Crippen molar-refractivity contribution in [3.63, 3.8) is 0 Å². The number of hydrogen-bond donors (Lipinski definition) is 2. The van der Waals surface area contributed by atoms with Crippen molar-refractivity contribution in [2.24, 2.45) is 0 Å². The second-order valence-corrected chi connectivity index (χ2v) is 3.04. The average molecular weight is 197 g/mol. The summed E-state index contributed by atoms with van der Waals surface area (Å²) < 4.78 is 1.93. The number of hydrogen-bond acceptors (Lipinski definition) is 3. The maximum atomic E-state index is 10.6. The molecule has 0 aromatic carbocycles. The number of aryl methyl sites for hydroxylation is 1. The van der Waals surface area contributed by atoms with E-state index in [0.717, 1.165) is 12.2 Å². The van der Waals surface area contributed by atoms with Gasteiger partial charge in [-0.05, 0) is 14.0 Å². The van der Waals surface area contributed by atoms with Crippen molar-refractivity contribution in [3.8, 4) is 0 Å². The maximum Gasteiger partial charge on any atom is 0.305 e. The largest absolute Gasteiger partial charge is 0.481 e. The van der Waals surface area contributed by atoms with Gasteiger partial charge in [-0.3, -0.25) is 4.79 Å². The van der Waals surface area contributed by atoms with Crippen LogP contribution in [0.4, 0.5) is 0 Å². The van der Waals surface area contributed by atoms with Crippen LogP contribution in [0.3, 0.4) is 0 Å². The molecule has 1 atom stereocenters. The van der Waals surface area contributed by atoms with E-state index in [-0.39, 0.29) is 12.5 Å². The van der Waals surface area contributed by atoms with Gasteiger partial charge in [-0.2, -0.15) is 0 Å². The van der Waals surface area contributed by atoms with E-state index in [0.29, 0.717) is 0 Å². The van der Waals surface area contributed by atoms with Crippen LogP contribution >= 0.6 is 0 Å². The zero-order valence-corrected chi connectivity index (χ0v) is 8.40. The van der Waals surface area contributed by atoms with Gasteiger partial charge in [-0.15, -0.1) is 0 Å². The van der Waals surface area contributed by atoms with Crippen molar-refractivity contribution in [1.82, 2.24) is 14.9 Å². The average Bonchev–Trinajstić information content (AvgIpc) is 2.61. The Morgan fingerprint density at radius 3 is 3.00 bits per heavy atom. The van der Waals surface area contributed by atoms with Gasteiger partial charge in [-0.25, -0.2) is 4.98 Å². The fourth-order valence-electron chi connectivity index (χ4n) is 1.41. The minimum absolute atomic E-state index is 0.0716. The molecular formula is C9H15N3O2. The summed E-state index contributed by atoms with van der Waals surface area (Å²) in [4.78, 5) is 14.6. The number of aromatic nitrogens is 2. The van der Waals surface area contributed by atoms with Crippen molar-refractivity contribution < 1.29 is 9.90 Å². The zero-order chi connectivity index (χ0) is 10.6. The fourth-order valence-corrected chi connectivity index (χ4v) is 1.41. The van der Waals surface area contributed by atoms with Crippen LogP contribution in [0.2, 0.25) is 0 Å². The lowest BCUT2D eigenvalue weighted by molar-refractivity contribution is -0.137. The van der Waals surface area contributed by atoms with Crippen LogP contribution in [-0.2, 0) is 11.3 Å². The lowest BCUT2D eigenvalue weighted by atomic mass is 10.1. The Hall–Kier alpha value is -1.36. The van der Waals surface area contributed by atoms with Crippen molar-refractivity contribution in [2.45, 2.75) is 25.9 Å². The molecule has 0 amide bonds. The lowest BCUT2D eigenvalue weighted by Gasteiger charge is -2.15. The van der Waals surface area contributed by atoms with Gasteiger partial charge >= 0.3 is 5.97 Å². The van der Waals surface area contributed by atoms with E-state index in [1.54, 1.807) is 19.6 Å². The SMILES string of the molecule is CCn1cncc1C(CC(=O)O)NC. The summed E-state index contributed by atoms with van der Waals surface area (Å²) in [6.45, 7) is 2.80. The topological polar surface area (TPSA) is 67.2 Å². The molecule has 1 rings (SSSR count). The van der Waals surface area contributed by atoms with Crippen molar-refractivity contribution in [1.29, 1.82) is 0 Å². The molecule has 0 radical (unpaired) electrons. The predicted molar refractivity (Wildman–Crippen MR) is 52.0 cm³/mol. The smallest absolute Gasteiger partial charge is 0.305 e. The Bertz CT molecular complexity index is 309. The third-order valence-corrected chi connectivity index (χ3v) is 2.17. The third-order valence-electron chi connectivity index (χ3n) is 2.17. The minimum atomic E-state index is -0.812. The molecule has 0 aliphatic carbocycles. The van der Waals surface area contributed by atoms with Gasteiger partial charge in [0.05, 0.1) is 24.5 Å². The molecule has 78 valence electrons. The van der Waals surface area contributed by atoms with E-state index >= 15 is 0 Å². The molecule has 0 fully saturated rings. The first-order valence-electron chi connectivity index (χ1n) is 4.58. The van der Waals surface area contributed by atoms with Crippen molar-refractivity contribution >= 4 is 5.97 Å². The van der Waals surface area contributed by atoms with Crippen molar-refractivity contribution in [3.05, 3.63) is 18.2 Å². The van der Waals surface area contributed by atoms with E-state index < -0.39 is 5.97 Å². The lowest BCUT2D eigenvalue weighted by Crippen LogP contribution is -2.22. The molecule has 5 heteroatoms. The highest BCUT2D eigenvalue weighted by Crippen LogP contribution is 2.15.